The summed E-state index contributed by atoms with van der Waals surface area (Å²) in [5.41, 5.74) is 0.00472. The molecule has 2 fully saturated rings. The number of aliphatic imine (C=N–C) groups is 1. The first-order valence-electron chi connectivity index (χ1n) is 10.2. The Kier molecular flexibility index (Phi) is 8.17. The molecule has 6 heteroatoms. The monoisotopic (exact) mass is 369 g/mol. The summed E-state index contributed by atoms with van der Waals surface area (Å²) in [6.07, 6.45) is 4.20. The van der Waals surface area contributed by atoms with E-state index in [0.717, 1.165) is 71.2 Å². The van der Waals surface area contributed by atoms with E-state index in [1.165, 1.54) is 0 Å². The van der Waals surface area contributed by atoms with Gasteiger partial charge in [0.05, 0.1) is 5.60 Å². The highest BCUT2D eigenvalue weighted by Crippen LogP contribution is 2.51. The topological polar surface area (TPSA) is 64.1 Å². The van der Waals surface area contributed by atoms with Crippen LogP contribution < -0.4 is 10.6 Å². The third kappa shape index (κ3) is 5.33. The Hall–Kier alpha value is -0.850. The van der Waals surface area contributed by atoms with Crippen molar-refractivity contribution in [2.24, 2.45) is 16.3 Å². The normalized spacial score (nSPS) is 29.3. The number of rotatable bonds is 9. The van der Waals surface area contributed by atoms with Crippen LogP contribution in [0.2, 0.25) is 0 Å². The first-order valence-corrected chi connectivity index (χ1v) is 10.2. The van der Waals surface area contributed by atoms with Crippen molar-refractivity contribution in [3.63, 3.8) is 0 Å². The fourth-order valence-corrected chi connectivity index (χ4v) is 3.73. The third-order valence-electron chi connectivity index (χ3n) is 6.34. The predicted molar refractivity (Wildman–Crippen MR) is 106 cm³/mol. The van der Waals surface area contributed by atoms with Crippen LogP contribution in [0.5, 0.6) is 0 Å². The fourth-order valence-electron chi connectivity index (χ4n) is 3.73. The van der Waals surface area contributed by atoms with Crippen LogP contribution in [-0.2, 0) is 14.2 Å². The van der Waals surface area contributed by atoms with Crippen LogP contribution in [0.3, 0.4) is 0 Å². The Morgan fingerprint density at radius 1 is 1.23 bits per heavy atom. The highest BCUT2D eigenvalue weighted by Gasteiger charge is 2.58. The minimum Gasteiger partial charge on any atom is -0.381 e. The highest BCUT2D eigenvalue weighted by molar-refractivity contribution is 5.80. The molecule has 1 heterocycles. The average molecular weight is 370 g/mol. The summed E-state index contributed by atoms with van der Waals surface area (Å²) in [6.45, 7) is 13.8. The second kappa shape index (κ2) is 9.90. The van der Waals surface area contributed by atoms with Crippen molar-refractivity contribution < 1.29 is 14.2 Å². The fraction of sp³-hybridized carbons (Fsp3) is 0.950. The summed E-state index contributed by atoms with van der Waals surface area (Å²) in [7, 11) is 1.80. The molecule has 2 aliphatic rings. The summed E-state index contributed by atoms with van der Waals surface area (Å²) in [4.78, 5) is 4.71. The van der Waals surface area contributed by atoms with Gasteiger partial charge >= 0.3 is 0 Å². The van der Waals surface area contributed by atoms with Crippen molar-refractivity contribution in [2.45, 2.75) is 65.0 Å². The first-order chi connectivity index (χ1) is 12.4. The Morgan fingerprint density at radius 2 is 1.96 bits per heavy atom. The lowest BCUT2D eigenvalue weighted by Gasteiger charge is -2.59. The van der Waals surface area contributed by atoms with Crippen LogP contribution in [0.1, 0.15) is 53.4 Å². The van der Waals surface area contributed by atoms with Crippen LogP contribution in [0.15, 0.2) is 4.99 Å². The van der Waals surface area contributed by atoms with Crippen molar-refractivity contribution in [2.75, 3.05) is 46.6 Å². The van der Waals surface area contributed by atoms with Gasteiger partial charge in [0.2, 0.25) is 0 Å². The Morgan fingerprint density at radius 3 is 2.58 bits per heavy atom. The van der Waals surface area contributed by atoms with Gasteiger partial charge in [0.15, 0.2) is 5.96 Å². The Bertz CT molecular complexity index is 450. The summed E-state index contributed by atoms with van der Waals surface area (Å²) in [5.74, 6) is 1.57. The average Bonchev–Trinajstić information content (AvgIpc) is 2.64. The summed E-state index contributed by atoms with van der Waals surface area (Å²) < 4.78 is 16.9. The molecule has 0 bridgehead atoms. The van der Waals surface area contributed by atoms with E-state index in [1.807, 2.05) is 0 Å². The maximum atomic E-state index is 5.82. The number of methoxy groups -OCH3 is 1. The molecule has 0 aromatic carbocycles. The molecule has 0 aromatic rings. The van der Waals surface area contributed by atoms with E-state index in [2.05, 4.69) is 38.3 Å². The molecule has 2 unspecified atom stereocenters. The van der Waals surface area contributed by atoms with E-state index in [-0.39, 0.29) is 11.0 Å². The molecule has 1 saturated heterocycles. The largest absolute Gasteiger partial charge is 0.381 e. The number of nitrogens with one attached hydrogen (secondary N) is 2. The maximum Gasteiger partial charge on any atom is 0.191 e. The molecule has 2 atom stereocenters. The van der Waals surface area contributed by atoms with Gasteiger partial charge < -0.3 is 24.8 Å². The molecule has 0 amide bonds. The molecule has 1 aliphatic heterocycles. The van der Waals surface area contributed by atoms with E-state index in [0.29, 0.717) is 12.0 Å². The lowest BCUT2D eigenvalue weighted by molar-refractivity contribution is -0.176. The molecule has 2 N–H and O–H groups in total. The lowest BCUT2D eigenvalue weighted by atomic mass is 9.56. The van der Waals surface area contributed by atoms with Crippen molar-refractivity contribution in [3.8, 4) is 0 Å². The van der Waals surface area contributed by atoms with Crippen LogP contribution in [-0.4, -0.2) is 64.2 Å². The minimum absolute atomic E-state index is 0.0695. The minimum atomic E-state index is -0.0695. The zero-order chi connectivity index (χ0) is 19.0. The van der Waals surface area contributed by atoms with Gasteiger partial charge in [0, 0.05) is 58.1 Å². The first kappa shape index (κ1) is 21.5. The quantitative estimate of drug-likeness (QED) is 0.372. The molecule has 1 aliphatic carbocycles. The lowest BCUT2D eigenvalue weighted by Crippen LogP contribution is -2.69. The van der Waals surface area contributed by atoms with Gasteiger partial charge in [-0.15, -0.1) is 0 Å². The van der Waals surface area contributed by atoms with Crippen LogP contribution in [0.25, 0.3) is 0 Å². The maximum absolute atomic E-state index is 5.82. The predicted octanol–water partition coefficient (Wildman–Crippen LogP) is 2.58. The summed E-state index contributed by atoms with van der Waals surface area (Å²) in [6, 6.07) is 0.370. The molecule has 2 rings (SSSR count). The van der Waals surface area contributed by atoms with E-state index >= 15 is 0 Å². The number of nitrogens with zero attached hydrogens (tertiary/aromatic N) is 1. The standard InChI is InChI=1S/C20H39N3O3/c1-6-21-18(23-17-14-20(4,24-5)19(17,2)3)22-10-7-11-26-15-16-8-12-25-13-9-16/h16-17H,6-15H2,1-5H3,(H2,21,22,23). The van der Waals surface area contributed by atoms with Gasteiger partial charge in [0.1, 0.15) is 0 Å². The molecule has 0 aromatic heterocycles. The number of guanidine groups is 1. The molecule has 152 valence electrons. The van der Waals surface area contributed by atoms with Gasteiger partial charge in [-0.1, -0.05) is 13.8 Å². The van der Waals surface area contributed by atoms with Crippen LogP contribution in [0, 0.1) is 11.3 Å². The van der Waals surface area contributed by atoms with Gasteiger partial charge in [-0.2, -0.15) is 0 Å². The van der Waals surface area contributed by atoms with Crippen LogP contribution >= 0.6 is 0 Å². The van der Waals surface area contributed by atoms with E-state index < -0.39 is 0 Å². The zero-order valence-electron chi connectivity index (χ0n) is 17.4. The summed E-state index contributed by atoms with van der Waals surface area (Å²) >= 11 is 0. The highest BCUT2D eigenvalue weighted by atomic mass is 16.5. The van der Waals surface area contributed by atoms with E-state index in [1.54, 1.807) is 7.11 Å². The SMILES string of the molecule is CCNC(=NCCCOCC1CCOCC1)NC1CC(C)(OC)C1(C)C. The van der Waals surface area contributed by atoms with Gasteiger partial charge in [0.25, 0.3) is 0 Å². The van der Waals surface area contributed by atoms with Crippen LogP contribution in [0.4, 0.5) is 0 Å². The third-order valence-corrected chi connectivity index (χ3v) is 6.34. The molecular weight excluding hydrogens is 330 g/mol. The van der Waals surface area contributed by atoms with Crippen molar-refractivity contribution in [3.05, 3.63) is 0 Å². The number of hydrogen-bond acceptors (Lipinski definition) is 4. The second-order valence-electron chi connectivity index (χ2n) is 8.30. The Labute approximate surface area is 159 Å². The van der Waals surface area contributed by atoms with Gasteiger partial charge in [-0.3, -0.25) is 4.99 Å². The molecule has 26 heavy (non-hydrogen) atoms. The van der Waals surface area contributed by atoms with E-state index in [4.69, 9.17) is 19.2 Å². The van der Waals surface area contributed by atoms with Gasteiger partial charge in [-0.25, -0.2) is 0 Å². The molecular formula is C20H39N3O3. The molecule has 6 nitrogen and oxygen atoms in total. The van der Waals surface area contributed by atoms with Crippen molar-refractivity contribution in [1.29, 1.82) is 0 Å². The zero-order valence-corrected chi connectivity index (χ0v) is 17.4. The molecule has 0 radical (unpaired) electrons. The second-order valence-corrected chi connectivity index (χ2v) is 8.30. The molecule has 1 saturated carbocycles. The summed E-state index contributed by atoms with van der Waals surface area (Å²) in [5, 5.41) is 6.93. The molecule has 0 spiro atoms. The van der Waals surface area contributed by atoms with E-state index in [9.17, 15) is 0 Å². The number of hydrogen-bond donors (Lipinski definition) is 2. The van der Waals surface area contributed by atoms with Crippen molar-refractivity contribution in [1.82, 2.24) is 10.6 Å². The van der Waals surface area contributed by atoms with Crippen molar-refractivity contribution >= 4 is 5.96 Å². The number of ether oxygens (including phenoxy) is 3. The Balaban J connectivity index is 1.68. The smallest absolute Gasteiger partial charge is 0.191 e. The van der Waals surface area contributed by atoms with Gasteiger partial charge in [-0.05, 0) is 45.4 Å².